The fraction of sp³-hybridized carbons (Fsp3) is 0.400. The van der Waals surface area contributed by atoms with Crippen molar-refractivity contribution in [2.75, 3.05) is 43.9 Å². The highest BCUT2D eigenvalue weighted by atomic mass is 16.5. The standard InChI is InChI=1S/C20H27N5O/c1-4-5-17-12-16(6-7-18(17)26-3)14-24-8-10-25(11-9-24)20-22-13-15(2)19(21)23-20/h4,6-7,12-13H,1,5,8-11,14H2,2-3H3,(H2,21,22,23). The summed E-state index contributed by atoms with van der Waals surface area (Å²) in [5.41, 5.74) is 9.31. The molecule has 1 saturated heterocycles. The summed E-state index contributed by atoms with van der Waals surface area (Å²) in [5, 5.41) is 0. The normalized spacial score (nSPS) is 15.1. The van der Waals surface area contributed by atoms with Gasteiger partial charge in [0.25, 0.3) is 0 Å². The van der Waals surface area contributed by atoms with Crippen LogP contribution >= 0.6 is 0 Å². The molecule has 6 heteroatoms. The number of aryl methyl sites for hydroxylation is 1. The van der Waals surface area contributed by atoms with E-state index >= 15 is 0 Å². The quantitative estimate of drug-likeness (QED) is 0.805. The predicted molar refractivity (Wildman–Crippen MR) is 106 cm³/mol. The molecule has 1 aromatic carbocycles. The molecule has 1 aromatic heterocycles. The van der Waals surface area contributed by atoms with E-state index in [1.807, 2.05) is 19.1 Å². The first-order valence-electron chi connectivity index (χ1n) is 8.94. The van der Waals surface area contributed by atoms with Crippen LogP contribution in [-0.4, -0.2) is 48.2 Å². The number of ether oxygens (including phenoxy) is 1. The van der Waals surface area contributed by atoms with Crippen molar-refractivity contribution in [2.45, 2.75) is 19.9 Å². The Labute approximate surface area is 155 Å². The zero-order valence-corrected chi connectivity index (χ0v) is 15.6. The highest BCUT2D eigenvalue weighted by Gasteiger charge is 2.19. The summed E-state index contributed by atoms with van der Waals surface area (Å²) in [5.74, 6) is 2.21. The number of nitrogens with two attached hydrogens (primary N) is 1. The molecule has 0 aliphatic carbocycles. The van der Waals surface area contributed by atoms with E-state index in [2.05, 4.69) is 38.5 Å². The number of nitrogens with zero attached hydrogens (tertiary/aromatic N) is 4. The number of rotatable bonds is 6. The van der Waals surface area contributed by atoms with E-state index < -0.39 is 0 Å². The number of piperazine rings is 1. The van der Waals surface area contributed by atoms with Gasteiger partial charge in [0.2, 0.25) is 5.95 Å². The molecule has 0 saturated carbocycles. The number of nitrogen functional groups attached to an aromatic ring is 1. The fourth-order valence-corrected chi connectivity index (χ4v) is 3.21. The zero-order valence-electron chi connectivity index (χ0n) is 15.6. The Bertz CT molecular complexity index is 769. The van der Waals surface area contributed by atoms with E-state index in [1.165, 1.54) is 11.1 Å². The third-order valence-electron chi connectivity index (χ3n) is 4.77. The topological polar surface area (TPSA) is 67.5 Å². The lowest BCUT2D eigenvalue weighted by Gasteiger charge is -2.34. The minimum Gasteiger partial charge on any atom is -0.496 e. The van der Waals surface area contributed by atoms with Gasteiger partial charge in [0.15, 0.2) is 0 Å². The van der Waals surface area contributed by atoms with Gasteiger partial charge in [0.05, 0.1) is 7.11 Å². The molecule has 0 spiro atoms. The van der Waals surface area contributed by atoms with Gasteiger partial charge in [0, 0.05) is 44.5 Å². The second-order valence-electron chi connectivity index (χ2n) is 6.64. The minimum absolute atomic E-state index is 0.561. The fourth-order valence-electron chi connectivity index (χ4n) is 3.21. The van der Waals surface area contributed by atoms with Gasteiger partial charge < -0.3 is 15.4 Å². The van der Waals surface area contributed by atoms with Crippen LogP contribution in [-0.2, 0) is 13.0 Å². The molecule has 1 aliphatic heterocycles. The summed E-state index contributed by atoms with van der Waals surface area (Å²) in [4.78, 5) is 13.5. The van der Waals surface area contributed by atoms with Crippen molar-refractivity contribution >= 4 is 11.8 Å². The largest absolute Gasteiger partial charge is 0.496 e. The number of hydrogen-bond donors (Lipinski definition) is 1. The average Bonchev–Trinajstić information content (AvgIpc) is 2.65. The van der Waals surface area contributed by atoms with Crippen molar-refractivity contribution in [1.29, 1.82) is 0 Å². The van der Waals surface area contributed by atoms with E-state index in [0.717, 1.165) is 56.4 Å². The van der Waals surface area contributed by atoms with Crippen molar-refractivity contribution in [2.24, 2.45) is 0 Å². The summed E-state index contributed by atoms with van der Waals surface area (Å²) in [6.45, 7) is 10.4. The molecule has 2 heterocycles. The monoisotopic (exact) mass is 353 g/mol. The van der Waals surface area contributed by atoms with Crippen LogP contribution in [0.2, 0.25) is 0 Å². The number of allylic oxidation sites excluding steroid dienone is 1. The van der Waals surface area contributed by atoms with Crippen LogP contribution in [0.5, 0.6) is 5.75 Å². The number of anilines is 2. The maximum atomic E-state index is 5.91. The molecule has 2 N–H and O–H groups in total. The van der Waals surface area contributed by atoms with Crippen LogP contribution in [0.1, 0.15) is 16.7 Å². The van der Waals surface area contributed by atoms with Crippen molar-refractivity contribution in [1.82, 2.24) is 14.9 Å². The molecule has 2 aromatic rings. The molecule has 0 radical (unpaired) electrons. The Balaban J connectivity index is 1.61. The van der Waals surface area contributed by atoms with Crippen molar-refractivity contribution in [3.8, 4) is 5.75 Å². The van der Waals surface area contributed by atoms with Crippen molar-refractivity contribution < 1.29 is 4.74 Å². The van der Waals surface area contributed by atoms with Gasteiger partial charge in [0.1, 0.15) is 11.6 Å². The van der Waals surface area contributed by atoms with Gasteiger partial charge in [-0.15, -0.1) is 6.58 Å². The van der Waals surface area contributed by atoms with E-state index in [-0.39, 0.29) is 0 Å². The van der Waals surface area contributed by atoms with Gasteiger partial charge in [-0.25, -0.2) is 4.98 Å². The Morgan fingerprint density at radius 1 is 1.27 bits per heavy atom. The van der Waals surface area contributed by atoms with Crippen LogP contribution < -0.4 is 15.4 Å². The molecule has 26 heavy (non-hydrogen) atoms. The first-order chi connectivity index (χ1) is 12.6. The Morgan fingerprint density at radius 3 is 2.69 bits per heavy atom. The first kappa shape index (κ1) is 18.2. The van der Waals surface area contributed by atoms with E-state index in [9.17, 15) is 0 Å². The van der Waals surface area contributed by atoms with Gasteiger partial charge >= 0.3 is 0 Å². The molecule has 138 valence electrons. The van der Waals surface area contributed by atoms with E-state index in [4.69, 9.17) is 10.5 Å². The lowest BCUT2D eigenvalue weighted by Crippen LogP contribution is -2.46. The lowest BCUT2D eigenvalue weighted by atomic mass is 10.1. The molecule has 1 aliphatic rings. The SMILES string of the molecule is C=CCc1cc(CN2CCN(c3ncc(C)c(N)n3)CC2)ccc1OC. The van der Waals surface area contributed by atoms with Gasteiger partial charge in [-0.1, -0.05) is 18.2 Å². The molecular weight excluding hydrogens is 326 g/mol. The summed E-state index contributed by atoms with van der Waals surface area (Å²) < 4.78 is 5.43. The first-order valence-corrected chi connectivity index (χ1v) is 8.94. The van der Waals surface area contributed by atoms with E-state index in [1.54, 1.807) is 13.3 Å². The molecule has 0 bridgehead atoms. The Kier molecular flexibility index (Phi) is 5.73. The molecule has 1 fully saturated rings. The van der Waals surface area contributed by atoms with Gasteiger partial charge in [-0.3, -0.25) is 4.90 Å². The number of hydrogen-bond acceptors (Lipinski definition) is 6. The number of benzene rings is 1. The highest BCUT2D eigenvalue weighted by molar-refractivity contribution is 5.44. The zero-order chi connectivity index (χ0) is 18.5. The number of aromatic nitrogens is 2. The molecular formula is C20H27N5O. The van der Waals surface area contributed by atoms with Crippen LogP contribution in [0.4, 0.5) is 11.8 Å². The minimum atomic E-state index is 0.561. The molecule has 3 rings (SSSR count). The lowest BCUT2D eigenvalue weighted by molar-refractivity contribution is 0.248. The van der Waals surface area contributed by atoms with Gasteiger partial charge in [-0.2, -0.15) is 4.98 Å². The summed E-state index contributed by atoms with van der Waals surface area (Å²) in [7, 11) is 1.71. The van der Waals surface area contributed by atoms with Crippen molar-refractivity contribution in [3.05, 3.63) is 53.7 Å². The molecule has 0 atom stereocenters. The van der Waals surface area contributed by atoms with Crippen molar-refractivity contribution in [3.63, 3.8) is 0 Å². The highest BCUT2D eigenvalue weighted by Crippen LogP contribution is 2.22. The number of methoxy groups -OCH3 is 1. The smallest absolute Gasteiger partial charge is 0.227 e. The van der Waals surface area contributed by atoms with Crippen LogP contribution in [0.25, 0.3) is 0 Å². The van der Waals surface area contributed by atoms with Crippen LogP contribution in [0, 0.1) is 6.92 Å². The second kappa shape index (κ2) is 8.19. The Hall–Kier alpha value is -2.60. The van der Waals surface area contributed by atoms with Crippen LogP contribution in [0.3, 0.4) is 0 Å². The van der Waals surface area contributed by atoms with E-state index in [0.29, 0.717) is 5.82 Å². The maximum absolute atomic E-state index is 5.91. The summed E-state index contributed by atoms with van der Waals surface area (Å²) >= 11 is 0. The molecule has 0 amide bonds. The molecule has 0 unspecified atom stereocenters. The second-order valence-corrected chi connectivity index (χ2v) is 6.64. The third kappa shape index (κ3) is 4.14. The van der Waals surface area contributed by atoms with Crippen LogP contribution in [0.15, 0.2) is 37.1 Å². The van der Waals surface area contributed by atoms with Gasteiger partial charge in [-0.05, 0) is 30.5 Å². The summed E-state index contributed by atoms with van der Waals surface area (Å²) in [6, 6.07) is 6.41. The average molecular weight is 353 g/mol. The maximum Gasteiger partial charge on any atom is 0.227 e. The summed E-state index contributed by atoms with van der Waals surface area (Å²) in [6.07, 6.45) is 4.52. The third-order valence-corrected chi connectivity index (χ3v) is 4.77. The molecule has 6 nitrogen and oxygen atoms in total. The Morgan fingerprint density at radius 2 is 2.04 bits per heavy atom. The predicted octanol–water partition coefficient (Wildman–Crippen LogP) is 2.43.